The van der Waals surface area contributed by atoms with Crippen molar-refractivity contribution in [2.24, 2.45) is 5.84 Å². The first-order chi connectivity index (χ1) is 32.1. The molecular formula is C59H17N3O3. The molecule has 0 aromatic heterocycles. The average Bonchev–Trinajstić information content (AvgIpc) is 3.32. The molecule has 2 rings (SSSR count). The number of nitrogens with two attached hydrogens (primary N) is 1. The summed E-state index contributed by atoms with van der Waals surface area (Å²) in [6.45, 7) is 1.92. The van der Waals surface area contributed by atoms with Gasteiger partial charge in [-0.3, -0.25) is 10.6 Å². The van der Waals surface area contributed by atoms with E-state index in [-0.39, 0.29) is 24.0 Å². The van der Waals surface area contributed by atoms with Crippen LogP contribution in [-0.4, -0.2) is 5.91 Å². The molecule has 0 fully saturated rings. The molecule has 2 aromatic rings. The third-order valence-corrected chi connectivity index (χ3v) is 5.88. The number of terminal acetylenes is 2. The Morgan fingerprint density at radius 3 is 1.14 bits per heavy atom. The van der Waals surface area contributed by atoms with Gasteiger partial charge in [0.15, 0.2) is 11.5 Å². The summed E-state index contributed by atoms with van der Waals surface area (Å²) in [6.07, 6.45) is 14.9. The van der Waals surface area contributed by atoms with Gasteiger partial charge in [0.05, 0.1) is 0 Å². The SMILES string of the molecule is C#CC#CC#CC#CC#CC#CC#CC#CC#CC#CC#COc1cc(CNC(=O)c2ccc(NN)cc2)cc(C)c1OC#CC#CC#CC#CC#CC#CC#CC#CC#CC#CC#C. The van der Waals surface area contributed by atoms with Crippen LogP contribution in [0.3, 0.4) is 0 Å². The van der Waals surface area contributed by atoms with E-state index < -0.39 is 0 Å². The van der Waals surface area contributed by atoms with E-state index in [4.69, 9.17) is 28.2 Å². The molecule has 4 N–H and O–H groups in total. The van der Waals surface area contributed by atoms with E-state index in [9.17, 15) is 4.79 Å². The van der Waals surface area contributed by atoms with Crippen LogP contribution in [0.1, 0.15) is 21.5 Å². The molecule has 0 unspecified atom stereocenters. The lowest BCUT2D eigenvalue weighted by atomic mass is 10.1. The van der Waals surface area contributed by atoms with Crippen molar-refractivity contribution in [1.29, 1.82) is 0 Å². The minimum absolute atomic E-state index is 0.156. The summed E-state index contributed by atoms with van der Waals surface area (Å²) in [5.41, 5.74) is 4.93. The Labute approximate surface area is 380 Å². The van der Waals surface area contributed by atoms with Crippen LogP contribution < -0.4 is 26.1 Å². The van der Waals surface area contributed by atoms with Crippen LogP contribution in [-0.2, 0) is 6.54 Å². The number of nitrogen functional groups attached to an aromatic ring is 1. The van der Waals surface area contributed by atoms with Crippen LogP contribution in [0.5, 0.6) is 11.5 Å². The van der Waals surface area contributed by atoms with Crippen molar-refractivity contribution in [3.63, 3.8) is 0 Å². The molecule has 0 atom stereocenters. The zero-order valence-corrected chi connectivity index (χ0v) is 33.6. The van der Waals surface area contributed by atoms with Gasteiger partial charge >= 0.3 is 0 Å². The second-order valence-corrected chi connectivity index (χ2v) is 10.1. The monoisotopic (exact) mass is 815 g/mol. The molecule has 0 aliphatic rings. The Bertz CT molecular complexity index is 3700. The summed E-state index contributed by atoms with van der Waals surface area (Å²) in [6, 6.07) is 10.1. The van der Waals surface area contributed by atoms with E-state index in [1.807, 2.05) is 0 Å². The third-order valence-electron chi connectivity index (χ3n) is 5.88. The number of aryl methyl sites for hydroxylation is 1. The fraction of sp³-hybridized carbons (Fsp3) is 0.0339. The average molecular weight is 816 g/mol. The van der Waals surface area contributed by atoms with Crippen LogP contribution in [0, 0.1) is 269 Å². The number of anilines is 1. The molecule has 0 saturated carbocycles. The van der Waals surface area contributed by atoms with Crippen LogP contribution in [0.4, 0.5) is 5.69 Å². The Kier molecular flexibility index (Phi) is 26.1. The number of carbonyl (C=O) groups is 1. The first kappa shape index (κ1) is 48.7. The van der Waals surface area contributed by atoms with Crippen molar-refractivity contribution in [2.45, 2.75) is 13.5 Å². The van der Waals surface area contributed by atoms with E-state index in [0.717, 1.165) is 0 Å². The van der Waals surface area contributed by atoms with E-state index in [0.29, 0.717) is 22.4 Å². The smallest absolute Gasteiger partial charge is 0.251 e. The van der Waals surface area contributed by atoms with E-state index >= 15 is 0 Å². The molecule has 286 valence electrons. The van der Waals surface area contributed by atoms with E-state index in [1.165, 1.54) is 0 Å². The van der Waals surface area contributed by atoms with Crippen molar-refractivity contribution < 1.29 is 14.3 Å². The summed E-state index contributed by atoms with van der Waals surface area (Å²) in [5, 5.41) is 2.86. The summed E-state index contributed by atoms with van der Waals surface area (Å²) >= 11 is 0. The van der Waals surface area contributed by atoms with Gasteiger partial charge in [0, 0.05) is 160 Å². The van der Waals surface area contributed by atoms with E-state index in [2.05, 4.69) is 260 Å². The molecule has 0 heterocycles. The van der Waals surface area contributed by atoms with Gasteiger partial charge in [-0.2, -0.15) is 0 Å². The quantitative estimate of drug-likeness (QED) is 0.237. The maximum Gasteiger partial charge on any atom is 0.251 e. The van der Waals surface area contributed by atoms with Gasteiger partial charge in [-0.05, 0) is 143 Å². The highest BCUT2D eigenvalue weighted by atomic mass is 16.5. The minimum Gasteiger partial charge on any atom is -0.403 e. The Morgan fingerprint density at radius 1 is 0.477 bits per heavy atom. The maximum absolute atomic E-state index is 12.8. The lowest BCUT2D eigenvalue weighted by Crippen LogP contribution is -2.23. The van der Waals surface area contributed by atoms with Crippen molar-refractivity contribution in [3.05, 3.63) is 53.1 Å². The predicted molar refractivity (Wildman–Crippen MR) is 251 cm³/mol. The lowest BCUT2D eigenvalue weighted by molar-refractivity contribution is 0.0951. The number of ether oxygens (including phenoxy) is 2. The highest BCUT2D eigenvalue weighted by Gasteiger charge is 2.13. The van der Waals surface area contributed by atoms with Crippen molar-refractivity contribution in [1.82, 2.24) is 5.32 Å². The second-order valence-electron chi connectivity index (χ2n) is 10.1. The number of hydrogen-bond acceptors (Lipinski definition) is 5. The Hall–Kier alpha value is -12.4. The van der Waals surface area contributed by atoms with Crippen LogP contribution in [0.15, 0.2) is 36.4 Å². The largest absolute Gasteiger partial charge is 0.403 e. The Balaban J connectivity index is 2.12. The zero-order chi connectivity index (χ0) is 46.5. The van der Waals surface area contributed by atoms with Crippen LogP contribution in [0.2, 0.25) is 0 Å². The number of carbonyl (C=O) groups excluding carboxylic acids is 1. The van der Waals surface area contributed by atoms with Crippen LogP contribution in [0.25, 0.3) is 0 Å². The topological polar surface area (TPSA) is 85.6 Å². The van der Waals surface area contributed by atoms with Gasteiger partial charge in [0.25, 0.3) is 5.91 Å². The first-order valence-electron chi connectivity index (χ1n) is 17.3. The summed E-state index contributed by atoms with van der Waals surface area (Å²) in [7, 11) is 0. The van der Waals surface area contributed by atoms with Crippen LogP contribution >= 0.6 is 0 Å². The summed E-state index contributed by atoms with van der Waals surface area (Å²) < 4.78 is 11.3. The normalized spacial score (nSPS) is 6.09. The molecule has 65 heavy (non-hydrogen) atoms. The zero-order valence-electron chi connectivity index (χ0n) is 33.6. The minimum atomic E-state index is -0.299. The molecule has 0 aliphatic carbocycles. The summed E-state index contributed by atoms with van der Waals surface area (Å²) in [5.74, 6) is 104. The summed E-state index contributed by atoms with van der Waals surface area (Å²) in [4.78, 5) is 12.8. The predicted octanol–water partition coefficient (Wildman–Crippen LogP) is 2.22. The molecule has 0 aliphatic heterocycles. The van der Waals surface area contributed by atoms with Gasteiger partial charge in [-0.15, -0.1) is 12.8 Å². The molecule has 0 spiro atoms. The fourth-order valence-electron chi connectivity index (χ4n) is 3.47. The van der Waals surface area contributed by atoms with Gasteiger partial charge < -0.3 is 20.2 Å². The molecule has 0 saturated heterocycles. The van der Waals surface area contributed by atoms with E-state index in [1.54, 1.807) is 43.3 Å². The second kappa shape index (κ2) is 34.8. The molecule has 0 radical (unpaired) electrons. The van der Waals surface area contributed by atoms with Gasteiger partial charge in [-0.1, -0.05) is 6.07 Å². The number of hydrazine groups is 1. The van der Waals surface area contributed by atoms with Gasteiger partial charge in [0.1, 0.15) is 12.2 Å². The number of rotatable bonds is 6. The van der Waals surface area contributed by atoms with Crippen molar-refractivity contribution >= 4 is 11.6 Å². The molecule has 6 heteroatoms. The molecular weight excluding hydrogens is 799 g/mol. The molecule has 6 nitrogen and oxygen atoms in total. The number of nitrogens with one attached hydrogen (secondary N) is 2. The molecule has 0 bridgehead atoms. The number of hydrogen-bond donors (Lipinski definition) is 3. The first-order valence-corrected chi connectivity index (χ1v) is 17.3. The van der Waals surface area contributed by atoms with Gasteiger partial charge in [-0.25, -0.2) is 0 Å². The standard InChI is InChI=1S/C59H17N3O3/c1-4-6-8-10-12-14-16-18-20-22-24-26-28-30-32-34-36-38-40-42-48-64-57-51-54(52-61-59(63)55-44-46-56(62-60)47-45-55)50-53(3)58(57)65-49-43-41-39-37-35-33-31-29-27-25-23-21-19-17-15-13-11-9-7-5-2/h1-2,44-47,50-51,62H,52,60H2,3H3,(H,61,63). The fourth-order valence-corrected chi connectivity index (χ4v) is 3.47. The molecule has 1 amide bonds. The van der Waals surface area contributed by atoms with Gasteiger partial charge in [0.2, 0.25) is 0 Å². The number of amides is 1. The van der Waals surface area contributed by atoms with Crippen molar-refractivity contribution in [2.75, 3.05) is 5.43 Å². The third kappa shape index (κ3) is 25.5. The Morgan fingerprint density at radius 2 is 0.800 bits per heavy atom. The lowest BCUT2D eigenvalue weighted by Gasteiger charge is -2.12. The van der Waals surface area contributed by atoms with Crippen molar-refractivity contribution in [3.8, 4) is 273 Å². The molecule has 2 aromatic carbocycles. The number of benzene rings is 2. The highest BCUT2D eigenvalue weighted by molar-refractivity contribution is 5.94. The maximum atomic E-state index is 12.8. The highest BCUT2D eigenvalue weighted by Crippen LogP contribution is 2.32.